The summed E-state index contributed by atoms with van der Waals surface area (Å²) in [5.74, 6) is -0.0427. The zero-order valence-electron chi connectivity index (χ0n) is 9.31. The molecule has 2 aromatic rings. The lowest BCUT2D eigenvalue weighted by atomic mass is 10.1. The molecule has 81 valence electrons. The second kappa shape index (κ2) is 4.79. The van der Waals surface area contributed by atoms with Crippen molar-refractivity contribution in [2.24, 2.45) is 0 Å². The first-order valence-electron chi connectivity index (χ1n) is 5.53. The third kappa shape index (κ3) is 2.22. The normalized spacial score (nSPS) is 10.3. The van der Waals surface area contributed by atoms with Crippen molar-refractivity contribution in [2.75, 3.05) is 0 Å². The van der Waals surface area contributed by atoms with Gasteiger partial charge in [0.1, 0.15) is 0 Å². The van der Waals surface area contributed by atoms with E-state index < -0.39 is 0 Å². The van der Waals surface area contributed by atoms with E-state index in [2.05, 4.69) is 5.32 Å². The Hall–Kier alpha value is -1.83. The van der Waals surface area contributed by atoms with E-state index in [1.807, 2.05) is 49.4 Å². The first-order valence-corrected chi connectivity index (χ1v) is 5.53. The van der Waals surface area contributed by atoms with Gasteiger partial charge in [-0.2, -0.15) is 0 Å². The van der Waals surface area contributed by atoms with Gasteiger partial charge in [-0.05, 0) is 17.9 Å². The van der Waals surface area contributed by atoms with E-state index in [-0.39, 0.29) is 5.91 Å². The minimum atomic E-state index is -0.0427. The van der Waals surface area contributed by atoms with Gasteiger partial charge in [-0.15, -0.1) is 0 Å². The fourth-order valence-electron chi connectivity index (χ4n) is 1.71. The van der Waals surface area contributed by atoms with Gasteiger partial charge in [-0.3, -0.25) is 4.79 Å². The van der Waals surface area contributed by atoms with Gasteiger partial charge in [0.05, 0.1) is 5.69 Å². The number of fused-ring (bicyclic) bond motifs is 1. The Morgan fingerprint density at radius 2 is 1.88 bits per heavy atom. The highest BCUT2D eigenvalue weighted by Crippen LogP contribution is 2.23. The SMILES string of the molecule is CCCC(=O)[N]c1cccc2ccccc12. The molecule has 0 spiro atoms. The summed E-state index contributed by atoms with van der Waals surface area (Å²) in [5, 5.41) is 6.29. The molecule has 2 nitrogen and oxygen atoms in total. The zero-order valence-corrected chi connectivity index (χ0v) is 9.31. The predicted octanol–water partition coefficient (Wildman–Crippen LogP) is 3.40. The van der Waals surface area contributed by atoms with Gasteiger partial charge in [0.25, 0.3) is 0 Å². The van der Waals surface area contributed by atoms with Crippen LogP contribution in [0, 0.1) is 0 Å². The number of carbonyl (C=O) groups is 1. The van der Waals surface area contributed by atoms with Crippen molar-refractivity contribution in [1.82, 2.24) is 5.32 Å². The molecule has 0 N–H and O–H groups in total. The quantitative estimate of drug-likeness (QED) is 0.767. The van der Waals surface area contributed by atoms with Crippen LogP contribution in [0.25, 0.3) is 10.8 Å². The average molecular weight is 212 g/mol. The van der Waals surface area contributed by atoms with Gasteiger partial charge < -0.3 is 0 Å². The van der Waals surface area contributed by atoms with Crippen molar-refractivity contribution in [3.63, 3.8) is 0 Å². The maximum atomic E-state index is 11.5. The standard InChI is InChI=1S/C14H14NO/c1-2-6-14(16)15-13-10-5-8-11-7-3-4-9-12(11)13/h3-5,7-10H,2,6H2,1H3. The van der Waals surface area contributed by atoms with Gasteiger partial charge >= 0.3 is 0 Å². The molecule has 0 saturated carbocycles. The summed E-state index contributed by atoms with van der Waals surface area (Å²) in [6, 6.07) is 13.8. The van der Waals surface area contributed by atoms with Crippen LogP contribution in [0.4, 0.5) is 5.69 Å². The Labute approximate surface area is 95.3 Å². The molecular weight excluding hydrogens is 198 g/mol. The Bertz CT molecular complexity index is 500. The summed E-state index contributed by atoms with van der Waals surface area (Å²) in [6.45, 7) is 1.98. The van der Waals surface area contributed by atoms with Crippen molar-refractivity contribution in [2.45, 2.75) is 19.8 Å². The molecular formula is C14H14NO. The first kappa shape index (κ1) is 10.7. The smallest absolute Gasteiger partial charge is 0.246 e. The molecule has 0 fully saturated rings. The summed E-state index contributed by atoms with van der Waals surface area (Å²) in [4.78, 5) is 11.5. The summed E-state index contributed by atoms with van der Waals surface area (Å²) in [7, 11) is 0. The van der Waals surface area contributed by atoms with Crippen molar-refractivity contribution in [3.05, 3.63) is 42.5 Å². The molecule has 16 heavy (non-hydrogen) atoms. The molecule has 0 aliphatic carbocycles. The van der Waals surface area contributed by atoms with Gasteiger partial charge in [0.2, 0.25) is 5.91 Å². The number of amides is 1. The molecule has 0 heterocycles. The second-order valence-electron chi connectivity index (χ2n) is 3.75. The van der Waals surface area contributed by atoms with Crippen molar-refractivity contribution in [3.8, 4) is 0 Å². The van der Waals surface area contributed by atoms with Crippen molar-refractivity contribution in [1.29, 1.82) is 0 Å². The largest absolute Gasteiger partial charge is 0.273 e. The molecule has 1 amide bonds. The Kier molecular flexibility index (Phi) is 3.20. The third-order valence-electron chi connectivity index (χ3n) is 2.48. The van der Waals surface area contributed by atoms with Gasteiger partial charge in [-0.25, -0.2) is 5.32 Å². The molecule has 0 aliphatic heterocycles. The average Bonchev–Trinajstić information content (AvgIpc) is 2.30. The predicted molar refractivity (Wildman–Crippen MR) is 65.7 cm³/mol. The molecule has 0 unspecified atom stereocenters. The molecule has 0 saturated heterocycles. The van der Waals surface area contributed by atoms with Crippen molar-refractivity contribution >= 4 is 22.4 Å². The number of rotatable bonds is 3. The highest BCUT2D eigenvalue weighted by atomic mass is 16.1. The summed E-state index contributed by atoms with van der Waals surface area (Å²) >= 11 is 0. The first-order chi connectivity index (χ1) is 7.81. The van der Waals surface area contributed by atoms with Crippen LogP contribution < -0.4 is 5.32 Å². The van der Waals surface area contributed by atoms with Crippen molar-refractivity contribution < 1.29 is 4.79 Å². The van der Waals surface area contributed by atoms with E-state index in [1.165, 1.54) is 0 Å². The van der Waals surface area contributed by atoms with E-state index in [0.29, 0.717) is 6.42 Å². The zero-order chi connectivity index (χ0) is 11.4. The minimum Gasteiger partial charge on any atom is -0.273 e. The van der Waals surface area contributed by atoms with Gasteiger partial charge in [-0.1, -0.05) is 43.3 Å². The van der Waals surface area contributed by atoms with Gasteiger partial charge in [0.15, 0.2) is 0 Å². The van der Waals surface area contributed by atoms with E-state index in [9.17, 15) is 4.79 Å². The lowest BCUT2D eigenvalue weighted by Crippen LogP contribution is -2.09. The van der Waals surface area contributed by atoms with Crippen LogP contribution in [0.2, 0.25) is 0 Å². The monoisotopic (exact) mass is 212 g/mol. The number of nitrogens with zero attached hydrogens (tertiary/aromatic N) is 1. The van der Waals surface area contributed by atoms with Crippen LogP contribution in [0.3, 0.4) is 0 Å². The topological polar surface area (TPSA) is 31.2 Å². The summed E-state index contributed by atoms with van der Waals surface area (Å²) in [6.07, 6.45) is 1.36. The van der Waals surface area contributed by atoms with Crippen LogP contribution in [-0.2, 0) is 4.79 Å². The van der Waals surface area contributed by atoms with E-state index >= 15 is 0 Å². The summed E-state index contributed by atoms with van der Waals surface area (Å²) < 4.78 is 0. The second-order valence-corrected chi connectivity index (χ2v) is 3.75. The lowest BCUT2D eigenvalue weighted by Gasteiger charge is -2.05. The van der Waals surface area contributed by atoms with Gasteiger partial charge in [0, 0.05) is 11.8 Å². The summed E-state index contributed by atoms with van der Waals surface area (Å²) in [5.41, 5.74) is 0.775. The van der Waals surface area contributed by atoms with Crippen LogP contribution in [-0.4, -0.2) is 5.91 Å². The molecule has 0 bridgehead atoms. The van der Waals surface area contributed by atoms with Crippen LogP contribution in [0.15, 0.2) is 42.5 Å². The van der Waals surface area contributed by atoms with E-state index in [4.69, 9.17) is 0 Å². The molecule has 2 aromatic carbocycles. The number of hydrogen-bond donors (Lipinski definition) is 0. The number of benzene rings is 2. The van der Waals surface area contributed by atoms with E-state index in [1.54, 1.807) is 0 Å². The molecule has 0 aromatic heterocycles. The highest BCUT2D eigenvalue weighted by Gasteiger charge is 2.06. The Balaban J connectivity index is 2.33. The molecule has 1 radical (unpaired) electrons. The maximum Gasteiger partial charge on any atom is 0.246 e. The fraction of sp³-hybridized carbons (Fsp3) is 0.214. The van der Waals surface area contributed by atoms with E-state index in [0.717, 1.165) is 22.9 Å². The molecule has 2 rings (SSSR count). The lowest BCUT2D eigenvalue weighted by molar-refractivity contribution is -0.120. The highest BCUT2D eigenvalue weighted by molar-refractivity contribution is 5.96. The Morgan fingerprint density at radius 3 is 2.69 bits per heavy atom. The van der Waals surface area contributed by atoms with Crippen LogP contribution >= 0.6 is 0 Å². The maximum absolute atomic E-state index is 11.5. The van der Waals surface area contributed by atoms with Crippen LogP contribution in [0.1, 0.15) is 19.8 Å². The minimum absolute atomic E-state index is 0.0427. The molecule has 2 heteroatoms. The van der Waals surface area contributed by atoms with Crippen LogP contribution in [0.5, 0.6) is 0 Å². The number of hydrogen-bond acceptors (Lipinski definition) is 1. The third-order valence-corrected chi connectivity index (χ3v) is 2.48. The fourth-order valence-corrected chi connectivity index (χ4v) is 1.71. The number of carbonyl (C=O) groups excluding carboxylic acids is 1. The Morgan fingerprint density at radius 1 is 1.12 bits per heavy atom. The molecule has 0 aliphatic rings. The molecule has 0 atom stereocenters.